The molecule has 0 fully saturated rings. The maximum atomic E-state index is 13.9. The number of fused-ring (bicyclic) bond motifs is 1. The van der Waals surface area contributed by atoms with Crippen LogP contribution in [0.5, 0.6) is 11.5 Å². The summed E-state index contributed by atoms with van der Waals surface area (Å²) < 4.78 is 35.2. The number of carbonyl (C=O) groups is 1. The van der Waals surface area contributed by atoms with Crippen molar-refractivity contribution >= 4 is 38.4 Å². The number of aryl methyl sites for hydroxylation is 1. The van der Waals surface area contributed by atoms with Crippen LogP contribution in [0.4, 0.5) is 14.6 Å². The molecule has 5 aromatic rings. The minimum atomic E-state index is -1.06. The molecule has 6 nitrogen and oxygen atoms in total. The molecule has 0 aliphatic heterocycles. The fourth-order valence-electron chi connectivity index (χ4n) is 3.73. The molecule has 2 heterocycles. The van der Waals surface area contributed by atoms with Crippen molar-refractivity contribution in [1.82, 2.24) is 14.8 Å². The normalized spacial score (nSPS) is 11.2. The number of aromatic amines is 1. The van der Waals surface area contributed by atoms with E-state index < -0.39 is 11.6 Å². The van der Waals surface area contributed by atoms with Crippen molar-refractivity contribution in [3.05, 3.63) is 99.8 Å². The van der Waals surface area contributed by atoms with Gasteiger partial charge in [0.2, 0.25) is 11.6 Å². The fourth-order valence-corrected chi connectivity index (χ4v) is 4.21. The lowest BCUT2D eigenvalue weighted by Gasteiger charge is -2.12. The van der Waals surface area contributed by atoms with Crippen LogP contribution < -0.4 is 10.5 Å². The van der Waals surface area contributed by atoms with Crippen LogP contribution in [0.25, 0.3) is 16.6 Å². The van der Waals surface area contributed by atoms with Crippen LogP contribution >= 0.6 is 15.9 Å². The number of halogens is 3. The number of H-pyrrole nitrogens is 1. The molecule has 0 amide bonds. The Morgan fingerprint density at radius 1 is 1.12 bits per heavy atom. The molecule has 0 saturated carbocycles. The number of benzene rings is 3. The van der Waals surface area contributed by atoms with Crippen LogP contribution in [0, 0.1) is 18.6 Å². The summed E-state index contributed by atoms with van der Waals surface area (Å²) in [5.41, 5.74) is 9.09. The monoisotopic (exact) mass is 522 g/mol. The molecule has 0 radical (unpaired) electrons. The quantitative estimate of drug-likeness (QED) is 0.265. The number of aromatic nitrogens is 3. The molecule has 0 atom stereocenters. The Morgan fingerprint density at radius 2 is 1.91 bits per heavy atom. The largest absolute Gasteiger partial charge is 0.454 e. The molecular weight excluding hydrogens is 506 g/mol. The number of nitrogens with one attached hydrogen (secondary N) is 1. The molecule has 0 spiro atoms. The smallest absolute Gasteiger partial charge is 0.214 e. The molecule has 3 aromatic carbocycles. The Hall–Kier alpha value is -3.98. The van der Waals surface area contributed by atoms with Crippen molar-refractivity contribution in [2.24, 2.45) is 0 Å². The maximum absolute atomic E-state index is 13.9. The molecule has 3 N–H and O–H groups in total. The second-order valence-corrected chi connectivity index (χ2v) is 8.53. The van der Waals surface area contributed by atoms with E-state index in [0.717, 1.165) is 21.4 Å². The lowest BCUT2D eigenvalue weighted by molar-refractivity contribution is 0.103. The van der Waals surface area contributed by atoms with Gasteiger partial charge in [-0.3, -0.25) is 4.79 Å². The second-order valence-electron chi connectivity index (χ2n) is 7.67. The predicted molar refractivity (Wildman–Crippen MR) is 129 cm³/mol. The Balaban J connectivity index is 1.45. The van der Waals surface area contributed by atoms with Crippen molar-refractivity contribution in [2.45, 2.75) is 6.92 Å². The van der Waals surface area contributed by atoms with E-state index in [1.54, 1.807) is 31.2 Å². The molecule has 5 rings (SSSR count). The first kappa shape index (κ1) is 21.8. The first-order chi connectivity index (χ1) is 16.3. The summed E-state index contributed by atoms with van der Waals surface area (Å²) in [7, 11) is 0. The van der Waals surface area contributed by atoms with Crippen LogP contribution in [0.2, 0.25) is 0 Å². The number of ether oxygens (including phenoxy) is 1. The highest BCUT2D eigenvalue weighted by atomic mass is 79.9. The average molecular weight is 523 g/mol. The molecule has 2 aromatic heterocycles. The number of anilines is 1. The van der Waals surface area contributed by atoms with Crippen LogP contribution in [-0.4, -0.2) is 20.5 Å². The van der Waals surface area contributed by atoms with Gasteiger partial charge in [0.25, 0.3) is 0 Å². The van der Waals surface area contributed by atoms with E-state index in [0.29, 0.717) is 22.7 Å². The lowest BCUT2D eigenvalue weighted by atomic mass is 10.1. The van der Waals surface area contributed by atoms with Crippen LogP contribution in [0.3, 0.4) is 0 Å². The summed E-state index contributed by atoms with van der Waals surface area (Å²) in [5, 5.41) is 5.19. The highest BCUT2D eigenvalue weighted by Gasteiger charge is 2.21. The van der Waals surface area contributed by atoms with Gasteiger partial charge in [-0.15, -0.1) is 0 Å². The van der Waals surface area contributed by atoms with Crippen molar-refractivity contribution in [3.63, 3.8) is 0 Å². The van der Waals surface area contributed by atoms with Crippen molar-refractivity contribution in [3.8, 4) is 17.2 Å². The zero-order chi connectivity index (χ0) is 24.0. The third kappa shape index (κ3) is 3.73. The number of hydrogen-bond acceptors (Lipinski definition) is 4. The van der Waals surface area contributed by atoms with Gasteiger partial charge in [-0.2, -0.15) is 9.49 Å². The third-order valence-electron chi connectivity index (χ3n) is 5.45. The second kappa shape index (κ2) is 8.42. The van der Waals surface area contributed by atoms with Gasteiger partial charge in [0.05, 0.1) is 23.1 Å². The van der Waals surface area contributed by atoms with Crippen LogP contribution in [0.15, 0.2) is 71.3 Å². The van der Waals surface area contributed by atoms with Gasteiger partial charge in [0.1, 0.15) is 11.6 Å². The van der Waals surface area contributed by atoms with Gasteiger partial charge in [-0.05, 0) is 61.0 Å². The first-order valence-electron chi connectivity index (χ1n) is 10.2. The van der Waals surface area contributed by atoms with E-state index in [4.69, 9.17) is 10.5 Å². The highest BCUT2D eigenvalue weighted by Crippen LogP contribution is 2.30. The molecule has 34 heavy (non-hydrogen) atoms. The highest BCUT2D eigenvalue weighted by molar-refractivity contribution is 9.10. The number of rotatable bonds is 5. The standard InChI is InChI=1S/C25H17BrF2N4O2/c1-13-10-14(34-22-7-3-5-18(27)23(22)28)8-9-21(13)32-25(29)16(12-30-32)24(33)20-11-15-17(26)4-2-6-19(15)31-20/h2-12,31H,29H2,1H3. The van der Waals surface area contributed by atoms with Gasteiger partial charge in [-0.1, -0.05) is 28.1 Å². The summed E-state index contributed by atoms with van der Waals surface area (Å²) in [4.78, 5) is 16.2. The van der Waals surface area contributed by atoms with Crippen molar-refractivity contribution in [2.75, 3.05) is 5.73 Å². The van der Waals surface area contributed by atoms with Gasteiger partial charge in [0, 0.05) is 15.4 Å². The number of carbonyl (C=O) groups excluding carboxylic acids is 1. The van der Waals surface area contributed by atoms with E-state index in [1.165, 1.54) is 23.0 Å². The lowest BCUT2D eigenvalue weighted by Crippen LogP contribution is -2.08. The van der Waals surface area contributed by atoms with Gasteiger partial charge < -0.3 is 15.5 Å². The molecular formula is C25H17BrF2N4O2. The predicted octanol–water partition coefficient (Wildman–Crippen LogP) is 6.31. The van der Waals surface area contributed by atoms with Gasteiger partial charge in [0.15, 0.2) is 11.6 Å². The van der Waals surface area contributed by atoms with E-state index in [9.17, 15) is 13.6 Å². The van der Waals surface area contributed by atoms with E-state index >= 15 is 0 Å². The Labute approximate surface area is 201 Å². The van der Waals surface area contributed by atoms with Crippen molar-refractivity contribution < 1.29 is 18.3 Å². The minimum Gasteiger partial charge on any atom is -0.454 e. The Kier molecular flexibility index (Phi) is 5.41. The third-order valence-corrected chi connectivity index (χ3v) is 6.14. The van der Waals surface area contributed by atoms with Gasteiger partial charge >= 0.3 is 0 Å². The number of hydrogen-bond donors (Lipinski definition) is 2. The first-order valence-corrected chi connectivity index (χ1v) is 11.0. The number of nitrogens with two attached hydrogens (primary N) is 1. The topological polar surface area (TPSA) is 85.9 Å². The molecule has 9 heteroatoms. The average Bonchev–Trinajstić information content (AvgIpc) is 3.42. The zero-order valence-electron chi connectivity index (χ0n) is 17.8. The summed E-state index contributed by atoms with van der Waals surface area (Å²) in [6.45, 7) is 1.79. The summed E-state index contributed by atoms with van der Waals surface area (Å²) in [6, 6.07) is 16.1. The molecule has 0 unspecified atom stereocenters. The molecule has 170 valence electrons. The zero-order valence-corrected chi connectivity index (χ0v) is 19.4. The fraction of sp³-hybridized carbons (Fsp3) is 0.0400. The molecule has 0 saturated heterocycles. The summed E-state index contributed by atoms with van der Waals surface area (Å²) >= 11 is 3.48. The molecule has 0 bridgehead atoms. The van der Waals surface area contributed by atoms with E-state index in [-0.39, 0.29) is 22.9 Å². The summed E-state index contributed by atoms with van der Waals surface area (Å²) in [5.74, 6) is -2.07. The van der Waals surface area contributed by atoms with Crippen molar-refractivity contribution in [1.29, 1.82) is 0 Å². The molecule has 0 aliphatic carbocycles. The number of nitrogens with zero attached hydrogens (tertiary/aromatic N) is 2. The Morgan fingerprint density at radius 3 is 2.68 bits per heavy atom. The van der Waals surface area contributed by atoms with E-state index in [2.05, 4.69) is 26.0 Å². The Bertz CT molecular complexity index is 1570. The van der Waals surface area contributed by atoms with Crippen LogP contribution in [0.1, 0.15) is 21.6 Å². The minimum absolute atomic E-state index is 0.177. The number of nitrogen functional groups attached to an aromatic ring is 1. The summed E-state index contributed by atoms with van der Waals surface area (Å²) in [6.07, 6.45) is 1.42. The van der Waals surface area contributed by atoms with E-state index in [1.807, 2.05) is 18.2 Å². The number of ketones is 1. The SMILES string of the molecule is Cc1cc(Oc2cccc(F)c2F)ccc1-n1ncc(C(=O)c2cc3c(Br)cccc3[nH]2)c1N. The van der Waals surface area contributed by atoms with Gasteiger partial charge in [-0.25, -0.2) is 9.07 Å². The maximum Gasteiger partial charge on any atom is 0.214 e. The van der Waals surface area contributed by atoms with Crippen LogP contribution in [-0.2, 0) is 0 Å². The molecule has 0 aliphatic rings.